The van der Waals surface area contributed by atoms with Gasteiger partial charge >= 0.3 is 0 Å². The first-order chi connectivity index (χ1) is 9.51. The predicted octanol–water partition coefficient (Wildman–Crippen LogP) is 4.60. The summed E-state index contributed by atoms with van der Waals surface area (Å²) in [6, 6.07) is 10.1. The van der Waals surface area contributed by atoms with E-state index < -0.39 is 0 Å². The number of nitrogens with two attached hydrogens (primary N) is 1. The van der Waals surface area contributed by atoms with Crippen LogP contribution >= 0.6 is 31.9 Å². The summed E-state index contributed by atoms with van der Waals surface area (Å²) < 4.78 is 20.0. The lowest BCUT2D eigenvalue weighted by molar-refractivity contribution is 0.414. The van der Waals surface area contributed by atoms with Crippen molar-refractivity contribution >= 4 is 31.9 Å². The van der Waals surface area contributed by atoms with Crippen LogP contribution in [0.4, 0.5) is 4.39 Å². The Hall–Kier alpha value is -0.910. The van der Waals surface area contributed by atoms with Gasteiger partial charge in [0.2, 0.25) is 0 Å². The topological polar surface area (TPSA) is 35.2 Å². The van der Waals surface area contributed by atoms with Crippen LogP contribution in [0.3, 0.4) is 0 Å². The zero-order chi connectivity index (χ0) is 14.7. The van der Waals surface area contributed by atoms with E-state index in [0.29, 0.717) is 10.9 Å². The van der Waals surface area contributed by atoms with E-state index in [2.05, 4.69) is 31.9 Å². The highest BCUT2D eigenvalue weighted by molar-refractivity contribution is 9.10. The van der Waals surface area contributed by atoms with Crippen LogP contribution in [-0.2, 0) is 6.42 Å². The summed E-state index contributed by atoms with van der Waals surface area (Å²) in [6.45, 7) is 0. The molecule has 0 fully saturated rings. The fourth-order valence-electron chi connectivity index (χ4n) is 1.98. The van der Waals surface area contributed by atoms with E-state index in [1.807, 2.05) is 18.2 Å². The molecule has 0 aliphatic heterocycles. The minimum absolute atomic E-state index is 0.228. The van der Waals surface area contributed by atoms with Crippen LogP contribution < -0.4 is 10.5 Å². The highest BCUT2D eigenvalue weighted by atomic mass is 79.9. The van der Waals surface area contributed by atoms with Gasteiger partial charge in [0.15, 0.2) is 0 Å². The quantitative estimate of drug-likeness (QED) is 0.810. The van der Waals surface area contributed by atoms with Gasteiger partial charge in [-0.15, -0.1) is 0 Å². The van der Waals surface area contributed by atoms with Crippen molar-refractivity contribution in [3.8, 4) is 5.75 Å². The molecule has 106 valence electrons. The maximum absolute atomic E-state index is 13.1. The lowest BCUT2D eigenvalue weighted by Gasteiger charge is -2.15. The van der Waals surface area contributed by atoms with Crippen molar-refractivity contribution in [2.24, 2.45) is 5.73 Å². The molecule has 0 saturated carbocycles. The summed E-state index contributed by atoms with van der Waals surface area (Å²) in [6.07, 6.45) is 0.627. The molecule has 0 bridgehead atoms. The molecule has 0 aliphatic rings. The predicted molar refractivity (Wildman–Crippen MR) is 85.4 cm³/mol. The van der Waals surface area contributed by atoms with Crippen LogP contribution in [0.15, 0.2) is 45.3 Å². The van der Waals surface area contributed by atoms with Crippen molar-refractivity contribution in [1.82, 2.24) is 0 Å². The van der Waals surface area contributed by atoms with Gasteiger partial charge in [-0.25, -0.2) is 4.39 Å². The summed E-state index contributed by atoms with van der Waals surface area (Å²) in [5, 5.41) is 0. The smallest absolute Gasteiger partial charge is 0.124 e. The molecule has 2 rings (SSSR count). The summed E-state index contributed by atoms with van der Waals surface area (Å²) in [5.41, 5.74) is 8.15. The molecule has 0 heterocycles. The molecule has 5 heteroatoms. The van der Waals surface area contributed by atoms with Gasteiger partial charge in [0.1, 0.15) is 11.6 Å². The maximum atomic E-state index is 13.1. The third-order valence-electron chi connectivity index (χ3n) is 3.05. The van der Waals surface area contributed by atoms with Crippen molar-refractivity contribution in [2.75, 3.05) is 7.11 Å². The van der Waals surface area contributed by atoms with Crippen LogP contribution in [-0.4, -0.2) is 7.11 Å². The van der Waals surface area contributed by atoms with Crippen molar-refractivity contribution in [3.63, 3.8) is 0 Å². The molecule has 20 heavy (non-hydrogen) atoms. The zero-order valence-corrected chi connectivity index (χ0v) is 14.0. The highest BCUT2D eigenvalue weighted by Crippen LogP contribution is 2.29. The number of ether oxygens (including phenoxy) is 1. The second kappa shape index (κ2) is 6.70. The molecule has 2 nitrogen and oxygen atoms in total. The molecular weight excluding hydrogens is 389 g/mol. The molecule has 0 saturated heterocycles. The number of halogens is 3. The summed E-state index contributed by atoms with van der Waals surface area (Å²) >= 11 is 6.86. The van der Waals surface area contributed by atoms with Crippen molar-refractivity contribution in [3.05, 3.63) is 62.3 Å². The van der Waals surface area contributed by atoms with Crippen LogP contribution in [0.2, 0.25) is 0 Å². The minimum Gasteiger partial charge on any atom is -0.497 e. The Morgan fingerprint density at radius 3 is 2.55 bits per heavy atom. The van der Waals surface area contributed by atoms with Gasteiger partial charge in [0.25, 0.3) is 0 Å². The molecule has 2 aromatic carbocycles. The second-order valence-corrected chi connectivity index (χ2v) is 6.14. The normalized spacial score (nSPS) is 12.2. The van der Waals surface area contributed by atoms with Gasteiger partial charge in [0, 0.05) is 15.0 Å². The van der Waals surface area contributed by atoms with E-state index in [4.69, 9.17) is 10.5 Å². The number of rotatable bonds is 4. The fraction of sp³-hybridized carbons (Fsp3) is 0.200. The standard InChI is InChI=1S/C15H14Br2FNO/c1-20-11-3-5-13(16)9(6-11)7-15(19)12-4-2-10(18)8-14(12)17/h2-6,8,15H,7,19H2,1H3. The molecular formula is C15H14Br2FNO. The number of hydrogen-bond donors (Lipinski definition) is 1. The first-order valence-electron chi connectivity index (χ1n) is 6.04. The average Bonchev–Trinajstić information content (AvgIpc) is 2.41. The van der Waals surface area contributed by atoms with Gasteiger partial charge in [-0.3, -0.25) is 0 Å². The molecule has 1 unspecified atom stereocenters. The lowest BCUT2D eigenvalue weighted by atomic mass is 9.99. The van der Waals surface area contributed by atoms with E-state index in [1.54, 1.807) is 13.2 Å². The highest BCUT2D eigenvalue weighted by Gasteiger charge is 2.13. The summed E-state index contributed by atoms with van der Waals surface area (Å²) in [4.78, 5) is 0. The van der Waals surface area contributed by atoms with Crippen molar-refractivity contribution < 1.29 is 9.13 Å². The molecule has 0 spiro atoms. The molecule has 2 aromatic rings. The second-order valence-electron chi connectivity index (χ2n) is 4.43. The Morgan fingerprint density at radius 1 is 1.15 bits per heavy atom. The first-order valence-corrected chi connectivity index (χ1v) is 7.63. The Balaban J connectivity index is 2.25. The molecule has 1 atom stereocenters. The van der Waals surface area contributed by atoms with Gasteiger partial charge in [-0.05, 0) is 47.9 Å². The summed E-state index contributed by atoms with van der Waals surface area (Å²) in [7, 11) is 1.63. The lowest BCUT2D eigenvalue weighted by Crippen LogP contribution is -2.14. The van der Waals surface area contributed by atoms with Gasteiger partial charge in [-0.2, -0.15) is 0 Å². The average molecular weight is 403 g/mol. The first kappa shape index (κ1) is 15.5. The van der Waals surface area contributed by atoms with E-state index >= 15 is 0 Å². The largest absolute Gasteiger partial charge is 0.497 e. The molecule has 0 amide bonds. The minimum atomic E-state index is -0.282. The molecule has 0 aromatic heterocycles. The third kappa shape index (κ3) is 3.59. The van der Waals surface area contributed by atoms with Crippen LogP contribution in [0.5, 0.6) is 5.75 Å². The van der Waals surface area contributed by atoms with E-state index in [1.165, 1.54) is 12.1 Å². The molecule has 0 radical (unpaired) electrons. The Morgan fingerprint density at radius 2 is 1.90 bits per heavy atom. The maximum Gasteiger partial charge on any atom is 0.124 e. The van der Waals surface area contributed by atoms with Crippen molar-refractivity contribution in [1.29, 1.82) is 0 Å². The SMILES string of the molecule is COc1ccc(Br)c(CC(N)c2ccc(F)cc2Br)c1. The number of benzene rings is 2. The van der Waals surface area contributed by atoms with E-state index in [9.17, 15) is 4.39 Å². The van der Waals surface area contributed by atoms with Gasteiger partial charge in [-0.1, -0.05) is 37.9 Å². The molecule has 2 N–H and O–H groups in total. The Bertz CT molecular complexity index is 619. The fourth-order valence-corrected chi connectivity index (χ4v) is 3.04. The van der Waals surface area contributed by atoms with Crippen LogP contribution in [0.25, 0.3) is 0 Å². The third-order valence-corrected chi connectivity index (χ3v) is 4.52. The zero-order valence-electron chi connectivity index (χ0n) is 10.9. The van der Waals surface area contributed by atoms with E-state index in [-0.39, 0.29) is 11.9 Å². The van der Waals surface area contributed by atoms with Crippen LogP contribution in [0, 0.1) is 5.82 Å². The van der Waals surface area contributed by atoms with Gasteiger partial charge < -0.3 is 10.5 Å². The van der Waals surface area contributed by atoms with E-state index in [0.717, 1.165) is 21.3 Å². The summed E-state index contributed by atoms with van der Waals surface area (Å²) in [5.74, 6) is 0.504. The van der Waals surface area contributed by atoms with Crippen LogP contribution in [0.1, 0.15) is 17.2 Å². The monoisotopic (exact) mass is 401 g/mol. The Kier molecular flexibility index (Phi) is 5.18. The molecule has 0 aliphatic carbocycles. The van der Waals surface area contributed by atoms with Gasteiger partial charge in [0.05, 0.1) is 7.11 Å². The Labute approximate surface area is 134 Å². The van der Waals surface area contributed by atoms with Crippen molar-refractivity contribution in [2.45, 2.75) is 12.5 Å². The number of methoxy groups -OCH3 is 1. The number of hydrogen-bond acceptors (Lipinski definition) is 2.